The maximum atomic E-state index is 13.4. The maximum absolute atomic E-state index is 13.4. The van der Waals surface area contributed by atoms with Crippen LogP contribution in [0.25, 0.3) is 22.4 Å². The number of amides is 1. The number of carbonyl (C=O) groups is 1. The van der Waals surface area contributed by atoms with Crippen LogP contribution in [-0.2, 0) is 4.74 Å². The molecule has 1 saturated heterocycles. The molecule has 0 saturated carbocycles. The monoisotopic (exact) mass is 443 g/mol. The Bertz CT molecular complexity index is 1310. The molecule has 9 heteroatoms. The second-order valence-electron chi connectivity index (χ2n) is 7.66. The third-order valence-corrected chi connectivity index (χ3v) is 5.61. The average Bonchev–Trinajstić information content (AvgIpc) is 3.28. The molecule has 0 radical (unpaired) electrons. The van der Waals surface area contributed by atoms with Gasteiger partial charge in [0.05, 0.1) is 46.1 Å². The van der Waals surface area contributed by atoms with Gasteiger partial charge in [0.15, 0.2) is 0 Å². The fourth-order valence-electron chi connectivity index (χ4n) is 3.97. The molecule has 4 aromatic rings. The molecule has 1 fully saturated rings. The molecule has 3 aromatic carbocycles. The molecule has 0 aliphatic carbocycles. The first-order valence-electron chi connectivity index (χ1n) is 10.6. The number of imidazole rings is 1. The van der Waals surface area contributed by atoms with Gasteiger partial charge < -0.3 is 19.9 Å². The molecule has 33 heavy (non-hydrogen) atoms. The summed E-state index contributed by atoms with van der Waals surface area (Å²) >= 11 is 0. The van der Waals surface area contributed by atoms with Gasteiger partial charge >= 0.3 is 0 Å². The first-order chi connectivity index (χ1) is 16.1. The van der Waals surface area contributed by atoms with Crippen LogP contribution in [0.3, 0.4) is 0 Å². The van der Waals surface area contributed by atoms with Crippen LogP contribution in [0, 0.1) is 10.1 Å². The van der Waals surface area contributed by atoms with Crippen molar-refractivity contribution < 1.29 is 14.5 Å². The van der Waals surface area contributed by atoms with Gasteiger partial charge in [-0.25, -0.2) is 4.98 Å². The molecule has 9 nitrogen and oxygen atoms in total. The SMILES string of the molecule is O=C(Nc1ccccc1-c1nc2ccccc2[nH]1)c1cc([N+](=O)[O-])ccc1N1CCOCC1. The highest BCUT2D eigenvalue weighted by Gasteiger charge is 2.23. The molecule has 0 unspecified atom stereocenters. The number of H-pyrrole nitrogens is 1. The van der Waals surface area contributed by atoms with E-state index in [-0.39, 0.29) is 11.3 Å². The molecule has 166 valence electrons. The van der Waals surface area contributed by atoms with Crippen molar-refractivity contribution in [3.05, 3.63) is 82.4 Å². The summed E-state index contributed by atoms with van der Waals surface area (Å²) in [6.45, 7) is 2.28. The molecular formula is C24H21N5O4. The third-order valence-electron chi connectivity index (χ3n) is 5.61. The van der Waals surface area contributed by atoms with Crippen LogP contribution >= 0.6 is 0 Å². The molecule has 2 heterocycles. The number of hydrogen-bond donors (Lipinski definition) is 2. The van der Waals surface area contributed by atoms with Gasteiger partial charge in [-0.1, -0.05) is 24.3 Å². The van der Waals surface area contributed by atoms with Gasteiger partial charge in [0.2, 0.25) is 0 Å². The van der Waals surface area contributed by atoms with Crippen LogP contribution in [0.1, 0.15) is 10.4 Å². The van der Waals surface area contributed by atoms with Crippen molar-refractivity contribution in [2.45, 2.75) is 0 Å². The highest BCUT2D eigenvalue weighted by molar-refractivity contribution is 6.10. The van der Waals surface area contributed by atoms with Gasteiger partial charge in [-0.15, -0.1) is 0 Å². The van der Waals surface area contributed by atoms with Crippen LogP contribution in [0.4, 0.5) is 17.1 Å². The highest BCUT2D eigenvalue weighted by atomic mass is 16.6. The van der Waals surface area contributed by atoms with E-state index in [0.29, 0.717) is 43.5 Å². The highest BCUT2D eigenvalue weighted by Crippen LogP contribution is 2.31. The summed E-state index contributed by atoms with van der Waals surface area (Å²) in [6, 6.07) is 19.4. The number of nitro benzene ring substituents is 1. The number of nitrogens with one attached hydrogen (secondary N) is 2. The molecule has 0 spiro atoms. The van der Waals surface area contributed by atoms with Gasteiger partial charge in [-0.05, 0) is 30.3 Å². The molecule has 1 aliphatic heterocycles. The minimum Gasteiger partial charge on any atom is -0.378 e. The maximum Gasteiger partial charge on any atom is 0.270 e. The summed E-state index contributed by atoms with van der Waals surface area (Å²) in [7, 11) is 0. The van der Waals surface area contributed by atoms with Crippen LogP contribution in [0.5, 0.6) is 0 Å². The molecule has 5 rings (SSSR count). The van der Waals surface area contributed by atoms with Crippen molar-refractivity contribution in [1.82, 2.24) is 9.97 Å². The topological polar surface area (TPSA) is 113 Å². The normalized spacial score (nSPS) is 13.8. The Morgan fingerprint density at radius 2 is 1.82 bits per heavy atom. The van der Waals surface area contributed by atoms with Crippen LogP contribution in [0.2, 0.25) is 0 Å². The molecule has 0 bridgehead atoms. The van der Waals surface area contributed by atoms with Crippen molar-refractivity contribution >= 4 is 34.0 Å². The number of nitro groups is 1. The first kappa shape index (κ1) is 20.7. The third kappa shape index (κ3) is 4.13. The van der Waals surface area contributed by atoms with E-state index in [9.17, 15) is 14.9 Å². The number of benzene rings is 3. The summed E-state index contributed by atoms with van der Waals surface area (Å²) in [5, 5.41) is 14.3. The lowest BCUT2D eigenvalue weighted by molar-refractivity contribution is -0.384. The lowest BCUT2D eigenvalue weighted by atomic mass is 10.1. The van der Waals surface area contributed by atoms with Gasteiger partial charge in [0, 0.05) is 30.8 Å². The minimum absolute atomic E-state index is 0.136. The van der Waals surface area contributed by atoms with Crippen molar-refractivity contribution in [3.63, 3.8) is 0 Å². The van der Waals surface area contributed by atoms with E-state index in [2.05, 4.69) is 15.3 Å². The first-order valence-corrected chi connectivity index (χ1v) is 10.6. The number of non-ortho nitro benzene ring substituents is 1. The zero-order chi connectivity index (χ0) is 22.8. The molecule has 1 amide bonds. The Morgan fingerprint density at radius 3 is 2.61 bits per heavy atom. The number of rotatable bonds is 5. The van der Waals surface area contributed by atoms with E-state index in [1.54, 1.807) is 12.1 Å². The largest absolute Gasteiger partial charge is 0.378 e. The van der Waals surface area contributed by atoms with E-state index in [0.717, 1.165) is 16.6 Å². The Morgan fingerprint density at radius 1 is 1.06 bits per heavy atom. The van der Waals surface area contributed by atoms with Crippen molar-refractivity contribution in [3.8, 4) is 11.4 Å². The number of fused-ring (bicyclic) bond motifs is 1. The van der Waals surface area contributed by atoms with Crippen molar-refractivity contribution in [2.24, 2.45) is 0 Å². The molecule has 1 aromatic heterocycles. The lowest BCUT2D eigenvalue weighted by Gasteiger charge is -2.30. The van der Waals surface area contributed by atoms with E-state index in [1.807, 2.05) is 47.4 Å². The molecule has 0 atom stereocenters. The summed E-state index contributed by atoms with van der Waals surface area (Å²) in [5.41, 5.74) is 3.74. The van der Waals surface area contributed by atoms with Crippen LogP contribution in [0.15, 0.2) is 66.7 Å². The molecule has 1 aliphatic rings. The fourth-order valence-corrected chi connectivity index (χ4v) is 3.97. The second kappa shape index (κ2) is 8.71. The quantitative estimate of drug-likeness (QED) is 0.353. The van der Waals surface area contributed by atoms with Gasteiger partial charge in [0.1, 0.15) is 5.82 Å². The molecular weight excluding hydrogens is 422 g/mol. The number of morpholine rings is 1. The zero-order valence-corrected chi connectivity index (χ0v) is 17.7. The summed E-state index contributed by atoms with van der Waals surface area (Å²) in [5.74, 6) is 0.197. The smallest absolute Gasteiger partial charge is 0.270 e. The van der Waals surface area contributed by atoms with Gasteiger partial charge in [-0.2, -0.15) is 0 Å². The number of para-hydroxylation sites is 3. The van der Waals surface area contributed by atoms with Gasteiger partial charge in [0.25, 0.3) is 11.6 Å². The Labute approximate surface area is 189 Å². The van der Waals surface area contributed by atoms with E-state index in [1.165, 1.54) is 12.1 Å². The Kier molecular flexibility index (Phi) is 5.45. The Balaban J connectivity index is 1.51. The standard InChI is InChI=1S/C24H21N5O4/c30-24(18-15-16(29(31)32)9-10-22(18)28-11-13-33-14-12-28)27-19-6-2-1-5-17(19)23-25-20-7-3-4-8-21(20)26-23/h1-10,15H,11-14H2,(H,25,26)(H,27,30). The second-order valence-corrected chi connectivity index (χ2v) is 7.66. The average molecular weight is 443 g/mol. The Hall–Kier alpha value is -4.24. The molecule has 2 N–H and O–H groups in total. The minimum atomic E-state index is -0.498. The number of anilines is 2. The van der Waals surface area contributed by atoms with Gasteiger partial charge in [-0.3, -0.25) is 14.9 Å². The van der Waals surface area contributed by atoms with Crippen molar-refractivity contribution in [2.75, 3.05) is 36.5 Å². The number of aromatic nitrogens is 2. The van der Waals surface area contributed by atoms with E-state index < -0.39 is 10.8 Å². The zero-order valence-electron chi connectivity index (χ0n) is 17.7. The number of aromatic amines is 1. The van der Waals surface area contributed by atoms with Crippen LogP contribution in [-0.4, -0.2) is 47.1 Å². The number of ether oxygens (including phenoxy) is 1. The number of nitrogens with zero attached hydrogens (tertiary/aromatic N) is 3. The summed E-state index contributed by atoms with van der Waals surface area (Å²) in [4.78, 5) is 34.2. The van der Waals surface area contributed by atoms with E-state index >= 15 is 0 Å². The lowest BCUT2D eigenvalue weighted by Crippen LogP contribution is -2.37. The number of hydrogen-bond acceptors (Lipinski definition) is 6. The summed E-state index contributed by atoms with van der Waals surface area (Å²) < 4.78 is 5.41. The van der Waals surface area contributed by atoms with Crippen LogP contribution < -0.4 is 10.2 Å². The summed E-state index contributed by atoms with van der Waals surface area (Å²) in [6.07, 6.45) is 0. The predicted octanol–water partition coefficient (Wildman–Crippen LogP) is 4.23. The predicted molar refractivity (Wildman–Crippen MR) is 126 cm³/mol. The fraction of sp³-hybridized carbons (Fsp3) is 0.167. The number of carbonyl (C=O) groups excluding carboxylic acids is 1. The van der Waals surface area contributed by atoms with Crippen molar-refractivity contribution in [1.29, 1.82) is 0 Å². The van der Waals surface area contributed by atoms with E-state index in [4.69, 9.17) is 4.74 Å².